The third-order valence-electron chi connectivity index (χ3n) is 3.99. The van der Waals surface area contributed by atoms with E-state index in [1.165, 1.54) is 83.5 Å². The molecule has 0 fully saturated rings. The Morgan fingerprint density at radius 1 is 0.655 bits per heavy atom. The van der Waals surface area contributed by atoms with E-state index in [9.17, 15) is 4.79 Å². The van der Waals surface area contributed by atoms with Crippen molar-refractivity contribution < 1.29 is 42.5 Å². The summed E-state index contributed by atoms with van der Waals surface area (Å²) in [5.41, 5.74) is 0. The SMILES string of the molecule is CCCCCCCCCCCCCCCCCC(=O)O.O=S(=O)(O)O.OB(O)O. The smallest absolute Gasteiger partial charge is 0.481 e. The van der Waals surface area contributed by atoms with Gasteiger partial charge in [-0.1, -0.05) is 96.8 Å². The summed E-state index contributed by atoms with van der Waals surface area (Å²) in [5.74, 6) is -0.653. The van der Waals surface area contributed by atoms with Crippen LogP contribution < -0.4 is 0 Å². The van der Waals surface area contributed by atoms with E-state index in [2.05, 4.69) is 6.92 Å². The molecule has 0 saturated heterocycles. The minimum Gasteiger partial charge on any atom is -0.481 e. The molecule has 11 heteroatoms. The Kier molecular flexibility index (Phi) is 28.8. The molecule has 176 valence electrons. The van der Waals surface area contributed by atoms with E-state index >= 15 is 0 Å². The van der Waals surface area contributed by atoms with Crippen molar-refractivity contribution in [3.05, 3.63) is 0 Å². The van der Waals surface area contributed by atoms with Crippen LogP contribution in [0.2, 0.25) is 0 Å². The summed E-state index contributed by atoms with van der Waals surface area (Å²) in [4.78, 5) is 10.3. The molecule has 0 aromatic heterocycles. The zero-order valence-electron chi connectivity index (χ0n) is 17.7. The number of hydrogen-bond acceptors (Lipinski definition) is 6. The molecule has 29 heavy (non-hydrogen) atoms. The zero-order chi connectivity index (χ0) is 23.0. The summed E-state index contributed by atoms with van der Waals surface area (Å²) in [6, 6.07) is 0. The van der Waals surface area contributed by atoms with Gasteiger partial charge in [0.1, 0.15) is 0 Å². The highest BCUT2D eigenvalue weighted by molar-refractivity contribution is 7.79. The van der Waals surface area contributed by atoms with Crippen LogP contribution in [0.5, 0.6) is 0 Å². The fraction of sp³-hybridized carbons (Fsp3) is 0.944. The van der Waals surface area contributed by atoms with Crippen LogP contribution in [0.1, 0.15) is 110 Å². The normalized spacial score (nSPS) is 10.4. The molecule has 0 aliphatic rings. The van der Waals surface area contributed by atoms with Crippen molar-refractivity contribution >= 4 is 23.7 Å². The van der Waals surface area contributed by atoms with Crippen LogP contribution in [0.15, 0.2) is 0 Å². The van der Waals surface area contributed by atoms with Gasteiger partial charge < -0.3 is 20.2 Å². The summed E-state index contributed by atoms with van der Waals surface area (Å²) in [6.45, 7) is 2.27. The van der Waals surface area contributed by atoms with Crippen LogP contribution in [0.25, 0.3) is 0 Å². The van der Waals surface area contributed by atoms with Crippen LogP contribution in [0.3, 0.4) is 0 Å². The zero-order valence-corrected chi connectivity index (χ0v) is 18.5. The van der Waals surface area contributed by atoms with Gasteiger partial charge in [0.15, 0.2) is 0 Å². The number of carboxylic acids is 1. The molecule has 0 spiro atoms. The van der Waals surface area contributed by atoms with E-state index in [-0.39, 0.29) is 0 Å². The van der Waals surface area contributed by atoms with Gasteiger partial charge in [-0.25, -0.2) is 0 Å². The van der Waals surface area contributed by atoms with Gasteiger partial charge in [0.25, 0.3) is 0 Å². The molecule has 0 saturated carbocycles. The molecule has 9 nitrogen and oxygen atoms in total. The number of carbonyl (C=O) groups is 1. The van der Waals surface area contributed by atoms with Crippen molar-refractivity contribution in [3.63, 3.8) is 0 Å². The average molecular weight is 444 g/mol. The highest BCUT2D eigenvalue weighted by Gasteiger charge is 1.97. The van der Waals surface area contributed by atoms with E-state index in [0.717, 1.165) is 12.8 Å². The Hall–Kier alpha value is -0.715. The third-order valence-corrected chi connectivity index (χ3v) is 3.99. The van der Waals surface area contributed by atoms with E-state index in [1.807, 2.05) is 0 Å². The lowest BCUT2D eigenvalue weighted by atomic mass is 10.0. The minimum atomic E-state index is -4.67. The van der Waals surface area contributed by atoms with Gasteiger partial charge in [-0.2, -0.15) is 8.42 Å². The molecule has 0 heterocycles. The summed E-state index contributed by atoms with van der Waals surface area (Å²) in [6.07, 6.45) is 20.2. The van der Waals surface area contributed by atoms with Crippen LogP contribution in [-0.4, -0.2) is 51.0 Å². The molecule has 0 bridgehead atoms. The molecule has 0 aliphatic heterocycles. The second-order valence-corrected chi connectivity index (χ2v) is 7.78. The first kappa shape index (κ1) is 32.9. The van der Waals surface area contributed by atoms with Gasteiger partial charge in [-0.15, -0.1) is 0 Å². The van der Waals surface area contributed by atoms with Crippen molar-refractivity contribution in [1.29, 1.82) is 0 Å². The van der Waals surface area contributed by atoms with Gasteiger partial charge in [-0.3, -0.25) is 13.9 Å². The number of carboxylic acid groups (broad SMARTS) is 1. The number of rotatable bonds is 16. The van der Waals surface area contributed by atoms with Crippen LogP contribution in [0, 0.1) is 0 Å². The second-order valence-electron chi connectivity index (χ2n) is 6.89. The van der Waals surface area contributed by atoms with Gasteiger partial charge in [-0.05, 0) is 6.42 Å². The van der Waals surface area contributed by atoms with Gasteiger partial charge >= 0.3 is 23.7 Å². The molecule has 0 aromatic rings. The summed E-state index contributed by atoms with van der Waals surface area (Å²) < 4.78 is 31.6. The van der Waals surface area contributed by atoms with E-state index in [0.29, 0.717) is 6.42 Å². The molecule has 0 atom stereocenters. The topological polar surface area (TPSA) is 173 Å². The van der Waals surface area contributed by atoms with Gasteiger partial charge in [0.2, 0.25) is 0 Å². The van der Waals surface area contributed by atoms with E-state index in [1.54, 1.807) is 0 Å². The van der Waals surface area contributed by atoms with Gasteiger partial charge in [0, 0.05) is 6.42 Å². The molecular weight excluding hydrogens is 403 g/mol. The summed E-state index contributed by atoms with van der Waals surface area (Å²) in [7, 11) is -6.83. The van der Waals surface area contributed by atoms with Crippen LogP contribution in [0.4, 0.5) is 0 Å². The molecule has 0 amide bonds. The molecule has 0 aliphatic carbocycles. The van der Waals surface area contributed by atoms with Gasteiger partial charge in [0.05, 0.1) is 0 Å². The summed E-state index contributed by atoms with van der Waals surface area (Å²) >= 11 is 0. The second kappa shape index (κ2) is 25.3. The molecule has 6 N–H and O–H groups in total. The van der Waals surface area contributed by atoms with Crippen molar-refractivity contribution in [3.8, 4) is 0 Å². The predicted octanol–water partition coefficient (Wildman–Crippen LogP) is 3.63. The van der Waals surface area contributed by atoms with E-state index in [4.69, 9.17) is 37.7 Å². The molecule has 0 rings (SSSR count). The van der Waals surface area contributed by atoms with Crippen molar-refractivity contribution in [2.24, 2.45) is 0 Å². The monoisotopic (exact) mass is 444 g/mol. The lowest BCUT2D eigenvalue weighted by Crippen LogP contribution is -2.07. The van der Waals surface area contributed by atoms with E-state index < -0.39 is 23.7 Å². The summed E-state index contributed by atoms with van der Waals surface area (Å²) in [5, 5.41) is 30.0. The third kappa shape index (κ3) is 65.8. The van der Waals surface area contributed by atoms with Crippen LogP contribution >= 0.6 is 0 Å². The van der Waals surface area contributed by atoms with Crippen molar-refractivity contribution in [2.75, 3.05) is 0 Å². The number of unbranched alkanes of at least 4 members (excludes halogenated alkanes) is 14. The maximum absolute atomic E-state index is 10.3. The Morgan fingerprint density at radius 3 is 1.07 bits per heavy atom. The standard InChI is InChI=1S/C18H36O2.BH3O3.H2O4S/c1-2-3-4-5-6-7-8-9-10-11-12-13-14-15-16-17-18(19)20;2-1(3)4;1-5(2,3)4/h2-17H2,1H3,(H,19,20);2-4H;(H2,1,2,3,4). The first-order chi connectivity index (χ1) is 13.5. The Labute approximate surface area is 176 Å². The highest BCUT2D eigenvalue weighted by atomic mass is 32.3. The Balaban J connectivity index is -0.000000623. The quantitative estimate of drug-likeness (QED) is 0.118. The largest absolute Gasteiger partial charge is 0.631 e. The average Bonchev–Trinajstić information content (AvgIpc) is 2.56. The fourth-order valence-electron chi connectivity index (χ4n) is 2.65. The maximum Gasteiger partial charge on any atom is 0.631 e. The molecule has 0 unspecified atom stereocenters. The molecule has 0 radical (unpaired) electrons. The molecule has 0 aromatic carbocycles. The first-order valence-corrected chi connectivity index (χ1v) is 11.9. The fourth-order valence-corrected chi connectivity index (χ4v) is 2.65. The lowest BCUT2D eigenvalue weighted by Gasteiger charge is -2.03. The number of aliphatic carboxylic acids is 1. The maximum atomic E-state index is 10.3. The first-order valence-electron chi connectivity index (χ1n) is 10.5. The lowest BCUT2D eigenvalue weighted by molar-refractivity contribution is -0.137. The Morgan fingerprint density at radius 2 is 0.862 bits per heavy atom. The Bertz CT molecular complexity index is 420. The molecular formula is C18H41BO9S. The number of hydrogen-bond donors (Lipinski definition) is 6. The van der Waals surface area contributed by atoms with Crippen molar-refractivity contribution in [2.45, 2.75) is 110 Å². The minimum absolute atomic E-state index is 0.345. The predicted molar refractivity (Wildman–Crippen MR) is 114 cm³/mol. The van der Waals surface area contributed by atoms with Crippen molar-refractivity contribution in [1.82, 2.24) is 0 Å². The highest BCUT2D eigenvalue weighted by Crippen LogP contribution is 2.13. The van der Waals surface area contributed by atoms with Crippen LogP contribution in [-0.2, 0) is 15.2 Å².